The summed E-state index contributed by atoms with van der Waals surface area (Å²) >= 11 is 6.21. The van der Waals surface area contributed by atoms with Crippen molar-refractivity contribution in [1.82, 2.24) is 9.80 Å². The summed E-state index contributed by atoms with van der Waals surface area (Å²) in [6.07, 6.45) is 0. The molecule has 1 aromatic heterocycles. The molecule has 2 aromatic carbocycles. The monoisotopic (exact) mass is 439 g/mol. The molecule has 6 nitrogen and oxygen atoms in total. The van der Waals surface area contributed by atoms with Gasteiger partial charge in [0.15, 0.2) is 11.3 Å². The number of halogens is 1. The molecule has 0 aliphatic carbocycles. The maximum Gasteiger partial charge on any atom is 0.289 e. The van der Waals surface area contributed by atoms with Gasteiger partial charge in [-0.25, -0.2) is 0 Å². The third kappa shape index (κ3) is 4.31. The average molecular weight is 440 g/mol. The molecule has 2 heterocycles. The van der Waals surface area contributed by atoms with Crippen LogP contribution in [0.15, 0.2) is 40.8 Å². The maximum atomic E-state index is 13.0. The number of hydrogen-bond donors (Lipinski definition) is 1. The molecule has 0 saturated carbocycles. The lowest BCUT2D eigenvalue weighted by molar-refractivity contribution is -0.117. The van der Waals surface area contributed by atoms with E-state index >= 15 is 0 Å². The minimum absolute atomic E-state index is 0.0417. The number of aryl methyl sites for hydroxylation is 3. The standard InChI is InChI=1S/C24H26ClN3O3/c1-15-6-4-7-16(2)21(15)26-20(29)14-27-10-12-28(13-11-27)24(30)22-17(3)18-8-5-9-19(25)23(18)31-22/h4-9H,10-14H2,1-3H3,(H,26,29). The Labute approximate surface area is 186 Å². The smallest absolute Gasteiger partial charge is 0.289 e. The number of para-hydroxylation sites is 2. The molecule has 1 fully saturated rings. The van der Waals surface area contributed by atoms with E-state index in [0.717, 1.165) is 27.8 Å². The van der Waals surface area contributed by atoms with Gasteiger partial charge in [-0.3, -0.25) is 14.5 Å². The molecule has 31 heavy (non-hydrogen) atoms. The van der Waals surface area contributed by atoms with Gasteiger partial charge in [0.2, 0.25) is 5.91 Å². The molecule has 0 bridgehead atoms. The highest BCUT2D eigenvalue weighted by atomic mass is 35.5. The molecule has 0 unspecified atom stereocenters. The van der Waals surface area contributed by atoms with Gasteiger partial charge in [-0.15, -0.1) is 0 Å². The predicted octanol–water partition coefficient (Wildman–Crippen LogP) is 4.41. The SMILES string of the molecule is Cc1cccc(C)c1NC(=O)CN1CCN(C(=O)c2oc3c(Cl)cccc3c2C)CC1. The molecule has 1 aliphatic rings. The fraction of sp³-hybridized carbons (Fsp3) is 0.333. The van der Waals surface area contributed by atoms with Gasteiger partial charge in [0.05, 0.1) is 11.6 Å². The first-order chi connectivity index (χ1) is 14.8. The van der Waals surface area contributed by atoms with E-state index in [1.54, 1.807) is 11.0 Å². The van der Waals surface area contributed by atoms with Gasteiger partial charge in [-0.1, -0.05) is 41.9 Å². The number of piperazine rings is 1. The zero-order valence-corrected chi connectivity index (χ0v) is 18.8. The van der Waals surface area contributed by atoms with Crippen LogP contribution in [0.1, 0.15) is 27.2 Å². The molecule has 0 atom stereocenters. The van der Waals surface area contributed by atoms with E-state index in [1.165, 1.54) is 0 Å². The van der Waals surface area contributed by atoms with Gasteiger partial charge in [-0.05, 0) is 38.0 Å². The number of fused-ring (bicyclic) bond motifs is 1. The van der Waals surface area contributed by atoms with E-state index < -0.39 is 0 Å². The average Bonchev–Trinajstić information content (AvgIpc) is 3.09. The summed E-state index contributed by atoms with van der Waals surface area (Å²) in [5, 5.41) is 4.38. The lowest BCUT2D eigenvalue weighted by Gasteiger charge is -2.34. The first-order valence-corrected chi connectivity index (χ1v) is 10.8. The van der Waals surface area contributed by atoms with Crippen molar-refractivity contribution < 1.29 is 14.0 Å². The number of carbonyl (C=O) groups is 2. The van der Waals surface area contributed by atoms with Gasteiger partial charge >= 0.3 is 0 Å². The number of anilines is 1. The molecule has 2 amide bonds. The first-order valence-electron chi connectivity index (χ1n) is 10.4. The van der Waals surface area contributed by atoms with Crippen molar-refractivity contribution in [2.75, 3.05) is 38.0 Å². The molecular weight excluding hydrogens is 414 g/mol. The van der Waals surface area contributed by atoms with Crippen LogP contribution >= 0.6 is 11.6 Å². The topological polar surface area (TPSA) is 65.8 Å². The van der Waals surface area contributed by atoms with Crippen molar-refractivity contribution in [2.24, 2.45) is 0 Å². The second-order valence-electron chi connectivity index (χ2n) is 8.06. The highest BCUT2D eigenvalue weighted by Gasteiger charge is 2.27. The summed E-state index contributed by atoms with van der Waals surface area (Å²) < 4.78 is 5.82. The second kappa shape index (κ2) is 8.73. The van der Waals surface area contributed by atoms with Gasteiger partial charge in [0.1, 0.15) is 0 Å². The number of furan rings is 1. The van der Waals surface area contributed by atoms with Crippen LogP contribution in [0, 0.1) is 20.8 Å². The number of nitrogens with zero attached hydrogens (tertiary/aromatic N) is 2. The molecule has 1 saturated heterocycles. The molecule has 162 valence electrons. The predicted molar refractivity (Wildman–Crippen MR) is 123 cm³/mol. The van der Waals surface area contributed by atoms with Crippen LogP contribution in [0.25, 0.3) is 11.0 Å². The maximum absolute atomic E-state index is 13.0. The van der Waals surface area contributed by atoms with E-state index in [2.05, 4.69) is 10.2 Å². The van der Waals surface area contributed by atoms with Gasteiger partial charge in [0, 0.05) is 42.8 Å². The van der Waals surface area contributed by atoms with Crippen molar-refractivity contribution in [1.29, 1.82) is 0 Å². The zero-order chi connectivity index (χ0) is 22.1. The van der Waals surface area contributed by atoms with E-state index in [-0.39, 0.29) is 11.8 Å². The molecule has 7 heteroatoms. The van der Waals surface area contributed by atoms with E-state index in [9.17, 15) is 9.59 Å². The minimum atomic E-state index is -0.135. The van der Waals surface area contributed by atoms with E-state index in [0.29, 0.717) is 49.1 Å². The highest BCUT2D eigenvalue weighted by molar-refractivity contribution is 6.35. The third-order valence-corrected chi connectivity index (χ3v) is 6.18. The van der Waals surface area contributed by atoms with E-state index in [1.807, 2.05) is 51.1 Å². The molecule has 1 N–H and O–H groups in total. The number of carbonyl (C=O) groups excluding carboxylic acids is 2. The molecule has 0 radical (unpaired) electrons. The molecule has 1 aliphatic heterocycles. The first kappa shape index (κ1) is 21.4. The van der Waals surface area contributed by atoms with Crippen molar-refractivity contribution in [3.63, 3.8) is 0 Å². The Morgan fingerprint density at radius 3 is 2.29 bits per heavy atom. The Morgan fingerprint density at radius 2 is 1.65 bits per heavy atom. The van der Waals surface area contributed by atoms with Crippen LogP contribution in [-0.2, 0) is 4.79 Å². The second-order valence-corrected chi connectivity index (χ2v) is 8.46. The van der Waals surface area contributed by atoms with Crippen molar-refractivity contribution in [2.45, 2.75) is 20.8 Å². The van der Waals surface area contributed by atoms with Crippen LogP contribution in [-0.4, -0.2) is 54.3 Å². The van der Waals surface area contributed by atoms with Gasteiger partial charge in [0.25, 0.3) is 5.91 Å². The van der Waals surface area contributed by atoms with Crippen LogP contribution in [0.2, 0.25) is 5.02 Å². The Bertz CT molecular complexity index is 1130. The van der Waals surface area contributed by atoms with Crippen LogP contribution in [0.4, 0.5) is 5.69 Å². The number of rotatable bonds is 4. The Balaban J connectivity index is 1.37. The largest absolute Gasteiger partial charge is 0.449 e. The summed E-state index contributed by atoms with van der Waals surface area (Å²) in [5.41, 5.74) is 4.32. The summed E-state index contributed by atoms with van der Waals surface area (Å²) in [7, 11) is 0. The third-order valence-electron chi connectivity index (χ3n) is 5.88. The summed E-state index contributed by atoms with van der Waals surface area (Å²) in [5.74, 6) is 0.161. The molecule has 4 rings (SSSR count). The van der Waals surface area contributed by atoms with Crippen LogP contribution in [0.3, 0.4) is 0 Å². The lowest BCUT2D eigenvalue weighted by atomic mass is 10.1. The summed E-state index contributed by atoms with van der Waals surface area (Å²) in [4.78, 5) is 29.4. The van der Waals surface area contributed by atoms with Gasteiger partial charge < -0.3 is 14.6 Å². The minimum Gasteiger partial charge on any atom is -0.449 e. The number of hydrogen-bond acceptors (Lipinski definition) is 4. The van der Waals surface area contributed by atoms with Crippen molar-refractivity contribution in [3.8, 4) is 0 Å². The van der Waals surface area contributed by atoms with Crippen LogP contribution in [0.5, 0.6) is 0 Å². The zero-order valence-electron chi connectivity index (χ0n) is 18.0. The summed E-state index contributed by atoms with van der Waals surface area (Å²) in [6, 6.07) is 11.5. The molecule has 3 aromatic rings. The Kier molecular flexibility index (Phi) is 6.03. The number of nitrogens with one attached hydrogen (secondary N) is 1. The normalized spacial score (nSPS) is 14.8. The van der Waals surface area contributed by atoms with Crippen LogP contribution < -0.4 is 5.32 Å². The van der Waals surface area contributed by atoms with Gasteiger partial charge in [-0.2, -0.15) is 0 Å². The number of benzene rings is 2. The fourth-order valence-electron chi connectivity index (χ4n) is 4.06. The lowest BCUT2D eigenvalue weighted by Crippen LogP contribution is -2.50. The Morgan fingerprint density at radius 1 is 1.00 bits per heavy atom. The molecular formula is C24H26ClN3O3. The highest BCUT2D eigenvalue weighted by Crippen LogP contribution is 2.31. The fourth-order valence-corrected chi connectivity index (χ4v) is 4.27. The quantitative estimate of drug-likeness (QED) is 0.654. The van der Waals surface area contributed by atoms with Crippen molar-refractivity contribution in [3.05, 3.63) is 63.9 Å². The summed E-state index contributed by atoms with van der Waals surface area (Å²) in [6.45, 7) is 8.50. The Hall–Kier alpha value is -2.83. The van der Waals surface area contributed by atoms with E-state index in [4.69, 9.17) is 16.0 Å². The molecule has 0 spiro atoms. The van der Waals surface area contributed by atoms with Crippen molar-refractivity contribution >= 4 is 40.1 Å². The number of amides is 2.